The quantitative estimate of drug-likeness (QED) is 0.850. The van der Waals surface area contributed by atoms with Gasteiger partial charge in [-0.15, -0.1) is 0 Å². The molecule has 28 heavy (non-hydrogen) atoms. The van der Waals surface area contributed by atoms with Gasteiger partial charge in [0.15, 0.2) is 0 Å². The molecule has 4 fully saturated rings. The number of hydrogen-bond donors (Lipinski definition) is 2. The van der Waals surface area contributed by atoms with Crippen LogP contribution < -0.4 is 11.1 Å². The monoisotopic (exact) mass is 380 g/mol. The fourth-order valence-corrected chi connectivity index (χ4v) is 6.21. The summed E-state index contributed by atoms with van der Waals surface area (Å²) in [6, 6.07) is 0. The van der Waals surface area contributed by atoms with Crippen molar-refractivity contribution in [2.24, 2.45) is 23.2 Å². The molecule has 4 saturated carbocycles. The van der Waals surface area contributed by atoms with E-state index >= 15 is 0 Å². The largest absolute Gasteiger partial charge is 0.383 e. The minimum atomic E-state index is -0.0559. The summed E-state index contributed by atoms with van der Waals surface area (Å²) in [6.45, 7) is 4.48. The lowest BCUT2D eigenvalue weighted by Gasteiger charge is -2.56. The fraction of sp³-hybridized carbons (Fsp3) is 0.619. The van der Waals surface area contributed by atoms with Crippen LogP contribution in [0.3, 0.4) is 0 Å². The molecule has 7 nitrogen and oxygen atoms in total. The van der Waals surface area contributed by atoms with Crippen LogP contribution in [0.5, 0.6) is 0 Å². The summed E-state index contributed by atoms with van der Waals surface area (Å²) in [4.78, 5) is 21.4. The van der Waals surface area contributed by atoms with E-state index < -0.39 is 0 Å². The number of nitrogen functional groups attached to an aromatic ring is 1. The van der Waals surface area contributed by atoms with Gasteiger partial charge in [-0.2, -0.15) is 10.1 Å². The number of carbonyl (C=O) groups is 1. The Morgan fingerprint density at radius 2 is 1.86 bits per heavy atom. The van der Waals surface area contributed by atoms with E-state index in [4.69, 9.17) is 5.73 Å². The van der Waals surface area contributed by atoms with Crippen molar-refractivity contribution in [1.29, 1.82) is 0 Å². The van der Waals surface area contributed by atoms with Crippen LogP contribution in [-0.4, -0.2) is 32.2 Å². The number of nitrogens with two attached hydrogens (primary N) is 1. The molecule has 0 radical (unpaired) electrons. The number of rotatable bonds is 4. The molecule has 0 unspecified atom stereocenters. The number of aromatic nitrogens is 4. The van der Waals surface area contributed by atoms with Crippen molar-refractivity contribution in [1.82, 2.24) is 25.1 Å². The highest BCUT2D eigenvalue weighted by Crippen LogP contribution is 2.59. The summed E-state index contributed by atoms with van der Waals surface area (Å²) in [6.07, 6.45) is 11.5. The molecule has 2 heterocycles. The molecule has 148 valence electrons. The van der Waals surface area contributed by atoms with Gasteiger partial charge < -0.3 is 11.1 Å². The molecule has 0 saturated heterocycles. The molecule has 0 aliphatic heterocycles. The average Bonchev–Trinajstić information content (AvgIpc) is 3.03. The van der Waals surface area contributed by atoms with Crippen LogP contribution in [0.1, 0.15) is 60.1 Å². The molecule has 6 rings (SSSR count). The first-order valence-corrected chi connectivity index (χ1v) is 10.3. The third kappa shape index (κ3) is 2.97. The van der Waals surface area contributed by atoms with Gasteiger partial charge in [0.2, 0.25) is 0 Å². The van der Waals surface area contributed by atoms with Crippen molar-refractivity contribution in [2.75, 3.05) is 12.3 Å². The van der Waals surface area contributed by atoms with E-state index in [0.29, 0.717) is 28.4 Å². The summed E-state index contributed by atoms with van der Waals surface area (Å²) in [7, 11) is 0. The normalized spacial score (nSPS) is 30.6. The van der Waals surface area contributed by atoms with Crippen LogP contribution in [-0.2, 0) is 0 Å². The maximum atomic E-state index is 12.9. The zero-order valence-electron chi connectivity index (χ0n) is 16.6. The van der Waals surface area contributed by atoms with Crippen molar-refractivity contribution in [3.05, 3.63) is 29.2 Å². The molecule has 0 atom stereocenters. The Morgan fingerprint density at radius 3 is 2.46 bits per heavy atom. The Kier molecular flexibility index (Phi) is 3.96. The van der Waals surface area contributed by atoms with Crippen LogP contribution in [0.2, 0.25) is 0 Å². The number of carbonyl (C=O) groups excluding carboxylic acids is 1. The smallest absolute Gasteiger partial charge is 0.254 e. The van der Waals surface area contributed by atoms with Gasteiger partial charge in [0, 0.05) is 24.5 Å². The lowest BCUT2D eigenvalue weighted by atomic mass is 9.49. The lowest BCUT2D eigenvalue weighted by molar-refractivity contribution is -0.0503. The van der Waals surface area contributed by atoms with Gasteiger partial charge in [-0.25, -0.2) is 9.67 Å². The number of aryl methyl sites for hydroxylation is 2. The molecule has 0 aromatic carbocycles. The standard InChI is InChI=1S/C21H28N6O/c1-12-9-23-20(25-18(12)22)27-10-17(13(2)26-27)19(28)24-11-21-6-14-3-15(7-21)5-16(4-14)8-21/h9-10,14-16H,3-8,11H2,1-2H3,(H,24,28)(H2,22,23,25). The SMILES string of the molecule is Cc1cnc(-n2cc(C(=O)NCC34CC5CC(CC(C5)C3)C4)c(C)n2)nc1N. The van der Waals surface area contributed by atoms with E-state index in [1.807, 2.05) is 13.8 Å². The van der Waals surface area contributed by atoms with Crippen molar-refractivity contribution < 1.29 is 4.79 Å². The maximum absolute atomic E-state index is 12.9. The van der Waals surface area contributed by atoms with Gasteiger partial charge >= 0.3 is 0 Å². The maximum Gasteiger partial charge on any atom is 0.254 e. The molecule has 4 aliphatic carbocycles. The Labute approximate surface area is 165 Å². The molecule has 0 spiro atoms. The van der Waals surface area contributed by atoms with Gasteiger partial charge in [0.25, 0.3) is 11.9 Å². The van der Waals surface area contributed by atoms with Crippen LogP contribution in [0.25, 0.3) is 5.95 Å². The zero-order chi connectivity index (χ0) is 19.5. The summed E-state index contributed by atoms with van der Waals surface area (Å²) >= 11 is 0. The van der Waals surface area contributed by atoms with Gasteiger partial charge in [0.05, 0.1) is 11.3 Å². The molecule has 1 amide bonds. The molecule has 2 aromatic heterocycles. The van der Waals surface area contributed by atoms with E-state index in [-0.39, 0.29) is 5.91 Å². The van der Waals surface area contributed by atoms with Crippen molar-refractivity contribution in [2.45, 2.75) is 52.4 Å². The average molecular weight is 380 g/mol. The van der Waals surface area contributed by atoms with Crippen molar-refractivity contribution in [3.8, 4) is 5.95 Å². The zero-order valence-corrected chi connectivity index (χ0v) is 16.6. The van der Waals surface area contributed by atoms with Crippen LogP contribution in [0, 0.1) is 37.0 Å². The lowest BCUT2D eigenvalue weighted by Crippen LogP contribution is -2.51. The van der Waals surface area contributed by atoms with Crippen LogP contribution in [0.15, 0.2) is 12.4 Å². The first-order valence-electron chi connectivity index (χ1n) is 10.3. The Hall–Kier alpha value is -2.44. The minimum Gasteiger partial charge on any atom is -0.383 e. The number of anilines is 1. The molecule has 4 bridgehead atoms. The highest BCUT2D eigenvalue weighted by Gasteiger charge is 2.50. The third-order valence-electron chi connectivity index (χ3n) is 7.14. The Balaban J connectivity index is 1.31. The summed E-state index contributed by atoms with van der Waals surface area (Å²) in [5, 5.41) is 7.65. The van der Waals surface area contributed by atoms with Crippen LogP contribution in [0.4, 0.5) is 5.82 Å². The summed E-state index contributed by atoms with van der Waals surface area (Å²) < 4.78 is 1.53. The van der Waals surface area contributed by atoms with Crippen LogP contribution >= 0.6 is 0 Å². The first kappa shape index (κ1) is 17.6. The fourth-order valence-electron chi connectivity index (χ4n) is 6.21. The number of nitrogens with zero attached hydrogens (tertiary/aromatic N) is 4. The summed E-state index contributed by atoms with van der Waals surface area (Å²) in [5.74, 6) is 3.40. The van der Waals surface area contributed by atoms with Crippen molar-refractivity contribution >= 4 is 11.7 Å². The van der Waals surface area contributed by atoms with E-state index in [2.05, 4.69) is 20.4 Å². The highest BCUT2D eigenvalue weighted by molar-refractivity contribution is 5.95. The number of amides is 1. The van der Waals surface area contributed by atoms with Gasteiger partial charge in [-0.3, -0.25) is 4.79 Å². The van der Waals surface area contributed by atoms with E-state index in [0.717, 1.165) is 29.9 Å². The second-order valence-electron chi connectivity index (χ2n) is 9.41. The topological polar surface area (TPSA) is 98.7 Å². The van der Waals surface area contributed by atoms with Gasteiger partial charge in [-0.1, -0.05) is 0 Å². The molecular weight excluding hydrogens is 352 g/mol. The highest BCUT2D eigenvalue weighted by atomic mass is 16.1. The van der Waals surface area contributed by atoms with Gasteiger partial charge in [0.1, 0.15) is 5.82 Å². The number of nitrogens with one attached hydrogen (secondary N) is 1. The predicted octanol–water partition coefficient (Wildman–Crippen LogP) is 2.81. The molecule has 3 N–H and O–H groups in total. The molecule has 4 aliphatic rings. The summed E-state index contributed by atoms with van der Waals surface area (Å²) in [5.41, 5.74) is 8.27. The second kappa shape index (κ2) is 6.29. The second-order valence-corrected chi connectivity index (χ2v) is 9.41. The van der Waals surface area contributed by atoms with E-state index in [1.165, 1.54) is 43.2 Å². The predicted molar refractivity (Wildman–Crippen MR) is 106 cm³/mol. The minimum absolute atomic E-state index is 0.0559. The molecule has 2 aromatic rings. The van der Waals surface area contributed by atoms with E-state index in [9.17, 15) is 4.79 Å². The van der Waals surface area contributed by atoms with E-state index in [1.54, 1.807) is 12.4 Å². The van der Waals surface area contributed by atoms with Crippen molar-refractivity contribution in [3.63, 3.8) is 0 Å². The first-order chi connectivity index (χ1) is 13.4. The Bertz CT molecular complexity index is 898. The molecule has 7 heteroatoms. The Morgan fingerprint density at radius 1 is 1.21 bits per heavy atom. The van der Waals surface area contributed by atoms with Gasteiger partial charge in [-0.05, 0) is 75.5 Å². The third-order valence-corrected chi connectivity index (χ3v) is 7.14. The molecular formula is C21H28N6O. The number of hydrogen-bond acceptors (Lipinski definition) is 5.